The molecule has 0 N–H and O–H groups in total. The summed E-state index contributed by atoms with van der Waals surface area (Å²) < 4.78 is 33.2. The Balaban J connectivity index is 1.90. The molecular weight excluding hydrogens is 460 g/mol. The van der Waals surface area contributed by atoms with Crippen molar-refractivity contribution < 1.29 is 22.9 Å². The summed E-state index contributed by atoms with van der Waals surface area (Å²) in [4.78, 5) is 27.3. The van der Waals surface area contributed by atoms with Gasteiger partial charge in [-0.15, -0.1) is 0 Å². The lowest BCUT2D eigenvalue weighted by Crippen LogP contribution is -2.22. The second-order valence-corrected chi connectivity index (χ2v) is 9.67. The number of aromatic nitrogens is 2. The number of benzene rings is 2. The minimum Gasteiger partial charge on any atom is -0.454 e. The number of esters is 1. The molecule has 0 saturated carbocycles. The first-order chi connectivity index (χ1) is 15.1. The van der Waals surface area contributed by atoms with E-state index in [9.17, 15) is 23.3 Å². The molecule has 0 aliphatic carbocycles. The molecule has 0 bridgehead atoms. The number of non-ortho nitro benzene ring substituents is 1. The van der Waals surface area contributed by atoms with Gasteiger partial charge in [-0.05, 0) is 30.7 Å². The van der Waals surface area contributed by atoms with Gasteiger partial charge in [-0.25, -0.2) is 22.5 Å². The maximum absolute atomic E-state index is 12.5. The average Bonchev–Trinajstić information content (AvgIpc) is 3.08. The van der Waals surface area contributed by atoms with E-state index in [4.69, 9.17) is 16.3 Å². The van der Waals surface area contributed by atoms with Gasteiger partial charge in [-0.2, -0.15) is 0 Å². The number of nitro groups is 1. The van der Waals surface area contributed by atoms with Crippen LogP contribution in [0.25, 0.3) is 11.0 Å². The fourth-order valence-corrected chi connectivity index (χ4v) is 4.28. The van der Waals surface area contributed by atoms with Crippen LogP contribution in [0.3, 0.4) is 0 Å². The molecule has 32 heavy (non-hydrogen) atoms. The number of aryl methyl sites for hydroxylation is 1. The molecule has 2 aromatic carbocycles. The van der Waals surface area contributed by atoms with E-state index in [2.05, 4.69) is 4.98 Å². The Morgan fingerprint density at radius 2 is 1.97 bits per heavy atom. The van der Waals surface area contributed by atoms with E-state index >= 15 is 0 Å². The number of rotatable bonds is 8. The van der Waals surface area contributed by atoms with Crippen molar-refractivity contribution in [1.82, 2.24) is 13.9 Å². The minimum absolute atomic E-state index is 0.00483. The fourth-order valence-electron chi connectivity index (χ4n) is 3.11. The predicted octanol–water partition coefficient (Wildman–Crippen LogP) is 3.62. The van der Waals surface area contributed by atoms with Crippen molar-refractivity contribution in [2.75, 3.05) is 14.1 Å². The van der Waals surface area contributed by atoms with Crippen molar-refractivity contribution in [2.24, 2.45) is 0 Å². The molecule has 3 rings (SSSR count). The van der Waals surface area contributed by atoms with Gasteiger partial charge in [-0.1, -0.05) is 18.5 Å². The zero-order valence-electron chi connectivity index (χ0n) is 17.6. The summed E-state index contributed by atoms with van der Waals surface area (Å²) in [6.45, 7) is 2.38. The third kappa shape index (κ3) is 4.59. The number of hydrogen-bond donors (Lipinski definition) is 0. The van der Waals surface area contributed by atoms with Gasteiger partial charge in [-0.3, -0.25) is 10.1 Å². The van der Waals surface area contributed by atoms with E-state index < -0.39 is 20.9 Å². The molecule has 3 aromatic rings. The van der Waals surface area contributed by atoms with Crippen molar-refractivity contribution in [2.45, 2.75) is 31.4 Å². The number of sulfonamides is 1. The van der Waals surface area contributed by atoms with Gasteiger partial charge in [0.15, 0.2) is 0 Å². The zero-order valence-corrected chi connectivity index (χ0v) is 19.2. The number of ether oxygens (including phenoxy) is 1. The van der Waals surface area contributed by atoms with E-state index in [-0.39, 0.29) is 27.8 Å². The van der Waals surface area contributed by atoms with Gasteiger partial charge < -0.3 is 9.30 Å². The smallest absolute Gasteiger partial charge is 0.340 e. The van der Waals surface area contributed by atoms with Crippen LogP contribution in [0.5, 0.6) is 0 Å². The van der Waals surface area contributed by atoms with E-state index in [1.54, 1.807) is 6.07 Å². The third-order valence-electron chi connectivity index (χ3n) is 4.74. The lowest BCUT2D eigenvalue weighted by molar-refractivity contribution is -0.384. The van der Waals surface area contributed by atoms with Crippen molar-refractivity contribution in [1.29, 1.82) is 0 Å². The number of hydrogen-bond acceptors (Lipinski definition) is 7. The highest BCUT2D eigenvalue weighted by atomic mass is 35.5. The Labute approximate surface area is 189 Å². The van der Waals surface area contributed by atoms with Crippen LogP contribution in [-0.4, -0.2) is 47.3 Å². The van der Waals surface area contributed by atoms with Crippen molar-refractivity contribution in [3.63, 3.8) is 0 Å². The van der Waals surface area contributed by atoms with E-state index in [1.807, 2.05) is 11.5 Å². The molecule has 0 spiro atoms. The number of imidazole rings is 1. The van der Waals surface area contributed by atoms with E-state index in [0.29, 0.717) is 23.4 Å². The number of carbonyl (C=O) groups is 1. The number of carbonyl (C=O) groups excluding carboxylic acids is 1. The molecule has 0 atom stereocenters. The highest BCUT2D eigenvalue weighted by Gasteiger charge is 2.21. The molecule has 0 saturated heterocycles. The molecule has 0 fully saturated rings. The Hall–Kier alpha value is -3.02. The summed E-state index contributed by atoms with van der Waals surface area (Å²) in [5.74, 6) is -0.316. The van der Waals surface area contributed by atoms with Crippen molar-refractivity contribution in [3.8, 4) is 0 Å². The molecule has 0 aliphatic rings. The Morgan fingerprint density at radius 1 is 1.25 bits per heavy atom. The summed E-state index contributed by atoms with van der Waals surface area (Å²) >= 11 is 5.99. The lowest BCUT2D eigenvalue weighted by atomic mass is 10.2. The SMILES string of the molecule is CCCn1c(COC(=O)c2ccc([N+](=O)[O-])cc2Cl)nc2cc(S(=O)(=O)N(C)C)ccc21. The number of halogens is 1. The summed E-state index contributed by atoms with van der Waals surface area (Å²) in [5.41, 5.74) is 0.930. The highest BCUT2D eigenvalue weighted by molar-refractivity contribution is 7.89. The summed E-state index contributed by atoms with van der Waals surface area (Å²) in [5, 5.41) is 10.7. The van der Waals surface area contributed by atoms with Gasteiger partial charge >= 0.3 is 5.97 Å². The Bertz CT molecular complexity index is 1300. The molecule has 170 valence electrons. The van der Waals surface area contributed by atoms with Gasteiger partial charge in [0.25, 0.3) is 5.69 Å². The zero-order chi connectivity index (χ0) is 23.6. The summed E-state index contributed by atoms with van der Waals surface area (Å²) in [6.07, 6.45) is 0.776. The molecule has 1 aromatic heterocycles. The van der Waals surface area contributed by atoms with Crippen molar-refractivity contribution >= 4 is 44.3 Å². The van der Waals surface area contributed by atoms with Gasteiger partial charge in [0.05, 0.1) is 31.4 Å². The van der Waals surface area contributed by atoms with Crippen LogP contribution in [0.15, 0.2) is 41.3 Å². The number of nitro benzene ring substituents is 1. The maximum atomic E-state index is 12.5. The Morgan fingerprint density at radius 3 is 2.56 bits per heavy atom. The molecule has 0 unspecified atom stereocenters. The van der Waals surface area contributed by atoms with E-state index in [0.717, 1.165) is 16.8 Å². The van der Waals surface area contributed by atoms with Crippen LogP contribution < -0.4 is 0 Å². The number of nitrogens with zero attached hydrogens (tertiary/aromatic N) is 4. The van der Waals surface area contributed by atoms with Gasteiger partial charge in [0.2, 0.25) is 10.0 Å². The quantitative estimate of drug-likeness (QED) is 0.274. The average molecular weight is 481 g/mol. The van der Waals surface area contributed by atoms with Crippen LogP contribution in [-0.2, 0) is 27.9 Å². The summed E-state index contributed by atoms with van der Waals surface area (Å²) in [6, 6.07) is 8.15. The first kappa shape index (κ1) is 23.6. The van der Waals surface area contributed by atoms with Crippen LogP contribution in [0.2, 0.25) is 5.02 Å². The first-order valence-electron chi connectivity index (χ1n) is 9.59. The lowest BCUT2D eigenvalue weighted by Gasteiger charge is -2.11. The second-order valence-electron chi connectivity index (χ2n) is 7.12. The topological polar surface area (TPSA) is 125 Å². The number of fused-ring (bicyclic) bond motifs is 1. The fraction of sp³-hybridized carbons (Fsp3) is 0.300. The normalized spacial score (nSPS) is 11.8. The van der Waals surface area contributed by atoms with Crippen LogP contribution in [0.4, 0.5) is 5.69 Å². The minimum atomic E-state index is -3.62. The van der Waals surface area contributed by atoms with E-state index in [1.165, 1.54) is 38.4 Å². The van der Waals surface area contributed by atoms with Crippen LogP contribution in [0.1, 0.15) is 29.5 Å². The molecule has 10 nitrogen and oxygen atoms in total. The molecule has 1 heterocycles. The van der Waals surface area contributed by atoms with Gasteiger partial charge in [0.1, 0.15) is 12.4 Å². The van der Waals surface area contributed by atoms with Crippen LogP contribution in [0, 0.1) is 10.1 Å². The largest absolute Gasteiger partial charge is 0.454 e. The monoisotopic (exact) mass is 480 g/mol. The Kier molecular flexibility index (Phi) is 6.82. The summed E-state index contributed by atoms with van der Waals surface area (Å²) in [7, 11) is -0.729. The third-order valence-corrected chi connectivity index (χ3v) is 6.86. The molecule has 0 amide bonds. The molecular formula is C20H21ClN4O6S. The van der Waals surface area contributed by atoms with Crippen molar-refractivity contribution in [3.05, 3.63) is 62.9 Å². The highest BCUT2D eigenvalue weighted by Crippen LogP contribution is 2.25. The maximum Gasteiger partial charge on any atom is 0.340 e. The molecule has 0 radical (unpaired) electrons. The van der Waals surface area contributed by atoms with Gasteiger partial charge in [0, 0.05) is 32.8 Å². The standard InChI is InChI=1S/C20H21ClN4O6S/c1-4-9-24-18-8-6-14(32(29,30)23(2)3)11-17(18)22-19(24)12-31-20(26)15-7-5-13(25(27)28)10-16(15)21/h5-8,10-11H,4,9,12H2,1-3H3. The predicted molar refractivity (Wildman–Crippen MR) is 118 cm³/mol. The first-order valence-corrected chi connectivity index (χ1v) is 11.4. The molecule has 0 aliphatic heterocycles. The van der Waals surface area contributed by atoms with Crippen LogP contribution >= 0.6 is 11.6 Å². The second kappa shape index (κ2) is 9.23. The molecule has 12 heteroatoms.